The normalized spacial score (nSPS) is 10.9. The predicted octanol–water partition coefficient (Wildman–Crippen LogP) is 1.68. The summed E-state index contributed by atoms with van der Waals surface area (Å²) in [7, 11) is 0. The van der Waals surface area contributed by atoms with Crippen LogP contribution in [0.4, 0.5) is 5.69 Å². The Morgan fingerprint density at radius 3 is 2.94 bits per heavy atom. The van der Waals surface area contributed by atoms with Crippen molar-refractivity contribution in [2.45, 2.75) is 6.92 Å². The lowest BCUT2D eigenvalue weighted by Gasteiger charge is -2.06. The first-order chi connectivity index (χ1) is 8.27. The molecule has 0 atom stereocenters. The van der Waals surface area contributed by atoms with E-state index in [9.17, 15) is 0 Å². The van der Waals surface area contributed by atoms with Crippen LogP contribution in [0.15, 0.2) is 36.7 Å². The number of anilines is 1. The summed E-state index contributed by atoms with van der Waals surface area (Å²) in [6.07, 6.45) is 3.58. The number of nitrogens with two attached hydrogens (primary N) is 1. The molecule has 2 heterocycles. The standard InChI is InChI=1S/C12H11N5/c1-8-9(4-2-5-10(8)13)11-15-16-12-14-6-3-7-17(11)12/h2-7H,13H2,1H3. The van der Waals surface area contributed by atoms with Crippen LogP contribution >= 0.6 is 0 Å². The highest BCUT2D eigenvalue weighted by molar-refractivity contribution is 5.69. The number of nitrogen functional groups attached to an aromatic ring is 1. The first-order valence-corrected chi connectivity index (χ1v) is 5.28. The Morgan fingerprint density at radius 2 is 2.06 bits per heavy atom. The van der Waals surface area contributed by atoms with Crippen molar-refractivity contribution in [1.29, 1.82) is 0 Å². The molecule has 0 saturated carbocycles. The van der Waals surface area contributed by atoms with Crippen LogP contribution in [-0.4, -0.2) is 19.6 Å². The molecular formula is C12H11N5. The Bertz CT molecular complexity index is 686. The van der Waals surface area contributed by atoms with E-state index in [-0.39, 0.29) is 0 Å². The van der Waals surface area contributed by atoms with Crippen LogP contribution in [0.5, 0.6) is 0 Å². The zero-order valence-electron chi connectivity index (χ0n) is 9.33. The van der Waals surface area contributed by atoms with Crippen molar-refractivity contribution >= 4 is 11.5 Å². The topological polar surface area (TPSA) is 69.1 Å². The van der Waals surface area contributed by atoms with Gasteiger partial charge >= 0.3 is 0 Å². The summed E-state index contributed by atoms with van der Waals surface area (Å²) in [5, 5.41) is 8.19. The molecule has 84 valence electrons. The van der Waals surface area contributed by atoms with Crippen LogP contribution in [-0.2, 0) is 0 Å². The third-order valence-corrected chi connectivity index (χ3v) is 2.81. The lowest BCUT2D eigenvalue weighted by Crippen LogP contribution is -1.95. The number of nitrogens with zero attached hydrogens (tertiary/aromatic N) is 4. The molecule has 0 bridgehead atoms. The average molecular weight is 225 g/mol. The monoisotopic (exact) mass is 225 g/mol. The molecule has 17 heavy (non-hydrogen) atoms. The second-order valence-electron chi connectivity index (χ2n) is 3.83. The summed E-state index contributed by atoms with van der Waals surface area (Å²) in [6, 6.07) is 7.62. The molecule has 0 saturated heterocycles. The molecule has 3 rings (SSSR count). The van der Waals surface area contributed by atoms with Gasteiger partial charge in [-0.25, -0.2) is 4.98 Å². The van der Waals surface area contributed by atoms with Crippen LogP contribution in [0.2, 0.25) is 0 Å². The Hall–Kier alpha value is -2.43. The lowest BCUT2D eigenvalue weighted by atomic mass is 10.1. The van der Waals surface area contributed by atoms with Crippen molar-refractivity contribution in [3.63, 3.8) is 0 Å². The highest BCUT2D eigenvalue weighted by Crippen LogP contribution is 2.25. The van der Waals surface area contributed by atoms with E-state index in [2.05, 4.69) is 15.2 Å². The number of aromatic nitrogens is 4. The molecule has 0 spiro atoms. The van der Waals surface area contributed by atoms with Gasteiger partial charge in [-0.05, 0) is 24.6 Å². The van der Waals surface area contributed by atoms with Gasteiger partial charge in [0.25, 0.3) is 5.78 Å². The molecule has 5 heteroatoms. The van der Waals surface area contributed by atoms with Crippen molar-refractivity contribution in [2.24, 2.45) is 0 Å². The van der Waals surface area contributed by atoms with Crippen molar-refractivity contribution in [2.75, 3.05) is 5.73 Å². The number of hydrogen-bond acceptors (Lipinski definition) is 4. The Morgan fingerprint density at radius 1 is 1.18 bits per heavy atom. The van der Waals surface area contributed by atoms with E-state index in [1.54, 1.807) is 6.20 Å². The zero-order valence-corrected chi connectivity index (χ0v) is 9.33. The summed E-state index contributed by atoms with van der Waals surface area (Å²) >= 11 is 0. The molecule has 0 fully saturated rings. The second kappa shape index (κ2) is 3.55. The zero-order chi connectivity index (χ0) is 11.8. The summed E-state index contributed by atoms with van der Waals surface area (Å²) in [5.41, 5.74) is 8.63. The smallest absolute Gasteiger partial charge is 0.255 e. The third-order valence-electron chi connectivity index (χ3n) is 2.81. The Labute approximate surface area is 97.9 Å². The summed E-state index contributed by atoms with van der Waals surface area (Å²) in [4.78, 5) is 4.14. The van der Waals surface area contributed by atoms with Crippen molar-refractivity contribution in [3.05, 3.63) is 42.2 Å². The second-order valence-corrected chi connectivity index (χ2v) is 3.83. The van der Waals surface area contributed by atoms with Gasteiger partial charge in [-0.1, -0.05) is 12.1 Å². The van der Waals surface area contributed by atoms with E-state index < -0.39 is 0 Å². The molecule has 0 aliphatic carbocycles. The first kappa shape index (κ1) is 9.77. The highest BCUT2D eigenvalue weighted by Gasteiger charge is 2.11. The van der Waals surface area contributed by atoms with Gasteiger partial charge in [0, 0.05) is 23.6 Å². The van der Waals surface area contributed by atoms with Crippen molar-refractivity contribution < 1.29 is 0 Å². The van der Waals surface area contributed by atoms with Crippen LogP contribution < -0.4 is 5.73 Å². The third kappa shape index (κ3) is 1.44. The largest absolute Gasteiger partial charge is 0.398 e. The molecule has 3 aromatic rings. The van der Waals surface area contributed by atoms with Crippen molar-refractivity contribution in [3.8, 4) is 11.4 Å². The lowest BCUT2D eigenvalue weighted by molar-refractivity contribution is 1.10. The predicted molar refractivity (Wildman–Crippen MR) is 65.4 cm³/mol. The number of benzene rings is 1. The van der Waals surface area contributed by atoms with Gasteiger partial charge in [-0.15, -0.1) is 10.2 Å². The molecular weight excluding hydrogens is 214 g/mol. The SMILES string of the molecule is Cc1c(N)cccc1-c1nnc2ncccn12. The van der Waals surface area contributed by atoms with E-state index in [0.29, 0.717) is 5.78 Å². The van der Waals surface area contributed by atoms with Crippen LogP contribution in [0.1, 0.15) is 5.56 Å². The molecule has 0 radical (unpaired) electrons. The van der Waals surface area contributed by atoms with Gasteiger partial charge in [0.05, 0.1) is 0 Å². The van der Waals surface area contributed by atoms with Gasteiger partial charge in [-0.3, -0.25) is 4.40 Å². The van der Waals surface area contributed by atoms with Gasteiger partial charge in [-0.2, -0.15) is 0 Å². The van der Waals surface area contributed by atoms with Gasteiger partial charge < -0.3 is 5.73 Å². The van der Waals surface area contributed by atoms with Gasteiger partial charge in [0.1, 0.15) is 0 Å². The van der Waals surface area contributed by atoms with Crippen LogP contribution in [0, 0.1) is 6.92 Å². The van der Waals surface area contributed by atoms with Crippen LogP contribution in [0.25, 0.3) is 17.2 Å². The molecule has 0 aliphatic heterocycles. The molecule has 2 N–H and O–H groups in total. The van der Waals surface area contributed by atoms with Crippen LogP contribution in [0.3, 0.4) is 0 Å². The number of hydrogen-bond donors (Lipinski definition) is 1. The maximum absolute atomic E-state index is 5.90. The highest BCUT2D eigenvalue weighted by atomic mass is 15.3. The van der Waals surface area contributed by atoms with E-state index in [1.165, 1.54) is 0 Å². The molecule has 0 amide bonds. The molecule has 0 unspecified atom stereocenters. The van der Waals surface area contributed by atoms with E-state index in [4.69, 9.17) is 5.73 Å². The van der Waals surface area contributed by atoms with Gasteiger partial charge in [0.15, 0.2) is 5.82 Å². The fourth-order valence-electron chi connectivity index (χ4n) is 1.82. The maximum Gasteiger partial charge on any atom is 0.255 e. The quantitative estimate of drug-likeness (QED) is 0.640. The summed E-state index contributed by atoms with van der Waals surface area (Å²) in [5.74, 6) is 1.35. The first-order valence-electron chi connectivity index (χ1n) is 5.28. The summed E-state index contributed by atoms with van der Waals surface area (Å²) < 4.78 is 1.85. The minimum absolute atomic E-state index is 0.587. The average Bonchev–Trinajstić information content (AvgIpc) is 2.77. The molecule has 5 nitrogen and oxygen atoms in total. The van der Waals surface area contributed by atoms with Gasteiger partial charge in [0.2, 0.25) is 0 Å². The fourth-order valence-corrected chi connectivity index (χ4v) is 1.82. The molecule has 1 aromatic carbocycles. The fraction of sp³-hybridized carbons (Fsp3) is 0.0833. The Balaban J connectivity index is 2.31. The molecule has 2 aromatic heterocycles. The number of rotatable bonds is 1. The maximum atomic E-state index is 5.90. The molecule has 0 aliphatic rings. The number of fused-ring (bicyclic) bond motifs is 1. The van der Waals surface area contributed by atoms with E-state index >= 15 is 0 Å². The van der Waals surface area contributed by atoms with E-state index in [1.807, 2.05) is 41.8 Å². The van der Waals surface area contributed by atoms with E-state index in [0.717, 1.165) is 22.6 Å². The minimum atomic E-state index is 0.587. The van der Waals surface area contributed by atoms with Crippen molar-refractivity contribution in [1.82, 2.24) is 19.6 Å². The Kier molecular flexibility index (Phi) is 2.04. The summed E-state index contributed by atoms with van der Waals surface area (Å²) in [6.45, 7) is 1.97. The minimum Gasteiger partial charge on any atom is -0.398 e.